The number of hydrogen-bond donors (Lipinski definition) is 2. The number of nitrogens with one attached hydrogen (secondary N) is 2. The Morgan fingerprint density at radius 1 is 1.21 bits per heavy atom. The average molecular weight is 400 g/mol. The highest BCUT2D eigenvalue weighted by Gasteiger charge is 2.10. The zero-order valence-corrected chi connectivity index (χ0v) is 15.6. The number of nitrogens with zero attached hydrogens (tertiary/aromatic N) is 1. The second kappa shape index (κ2) is 9.05. The molecule has 2 aromatic carbocycles. The largest absolute Gasteiger partial charge is 0.488 e. The third-order valence-electron chi connectivity index (χ3n) is 3.99. The quantitative estimate of drug-likeness (QED) is 0.319. The minimum atomic E-state index is -0.448. The van der Waals surface area contributed by atoms with Crippen molar-refractivity contribution in [1.82, 2.24) is 5.32 Å². The number of fused-ring (bicyclic) bond motifs is 1. The maximum absolute atomic E-state index is 11.9. The number of amides is 1. The molecule has 0 radical (unpaired) electrons. The van der Waals surface area contributed by atoms with E-state index in [-0.39, 0.29) is 11.6 Å². The van der Waals surface area contributed by atoms with Crippen LogP contribution in [0, 0.1) is 10.1 Å². The van der Waals surface area contributed by atoms with Gasteiger partial charge in [-0.1, -0.05) is 17.7 Å². The zero-order chi connectivity index (χ0) is 19.9. The van der Waals surface area contributed by atoms with Gasteiger partial charge in [-0.15, -0.1) is 0 Å². The molecule has 0 aromatic heterocycles. The van der Waals surface area contributed by atoms with E-state index in [1.165, 1.54) is 18.2 Å². The number of carbonyl (C=O) groups excluding carboxylic acids is 1. The van der Waals surface area contributed by atoms with Crippen LogP contribution in [-0.4, -0.2) is 30.5 Å². The first-order valence-corrected chi connectivity index (χ1v) is 8.96. The molecule has 1 amide bonds. The Kier molecular flexibility index (Phi) is 6.29. The molecular weight excluding hydrogens is 382 g/mol. The first-order chi connectivity index (χ1) is 13.5. The summed E-state index contributed by atoms with van der Waals surface area (Å²) in [7, 11) is 0. The highest BCUT2D eigenvalue weighted by atomic mass is 35.5. The van der Waals surface area contributed by atoms with E-state index in [9.17, 15) is 14.9 Å². The van der Waals surface area contributed by atoms with Crippen molar-refractivity contribution in [3.63, 3.8) is 0 Å². The van der Waals surface area contributed by atoms with Crippen LogP contribution in [0.5, 0.6) is 5.75 Å². The van der Waals surface area contributed by atoms with Gasteiger partial charge in [0, 0.05) is 47.6 Å². The Bertz CT molecular complexity index is 939. The summed E-state index contributed by atoms with van der Waals surface area (Å²) in [5, 5.41) is 17.1. The zero-order valence-electron chi connectivity index (χ0n) is 14.9. The smallest absolute Gasteiger partial charge is 0.269 e. The third-order valence-corrected chi connectivity index (χ3v) is 4.22. The second-order valence-corrected chi connectivity index (χ2v) is 6.48. The van der Waals surface area contributed by atoms with Crippen molar-refractivity contribution in [2.45, 2.75) is 0 Å². The molecule has 1 aliphatic heterocycles. The molecule has 0 bridgehead atoms. The Morgan fingerprint density at radius 3 is 2.75 bits per heavy atom. The summed E-state index contributed by atoms with van der Waals surface area (Å²) in [6, 6.07) is 11.5. The molecule has 1 heterocycles. The predicted octanol–water partition coefficient (Wildman–Crippen LogP) is 3.81. The van der Waals surface area contributed by atoms with Crippen LogP contribution in [0.4, 0.5) is 11.4 Å². The Hall–Kier alpha value is -3.32. The minimum Gasteiger partial charge on any atom is -0.488 e. The normalized spacial score (nSPS) is 12.7. The van der Waals surface area contributed by atoms with Gasteiger partial charge in [0.2, 0.25) is 5.91 Å². The summed E-state index contributed by atoms with van der Waals surface area (Å²) in [6.45, 7) is 1.29. The van der Waals surface area contributed by atoms with E-state index in [0.29, 0.717) is 24.7 Å². The lowest BCUT2D eigenvalue weighted by Gasteiger charge is -2.16. The average Bonchev–Trinajstić information content (AvgIpc) is 2.69. The van der Waals surface area contributed by atoms with Crippen molar-refractivity contribution < 1.29 is 14.5 Å². The molecule has 28 heavy (non-hydrogen) atoms. The van der Waals surface area contributed by atoms with Gasteiger partial charge in [-0.2, -0.15) is 0 Å². The molecule has 3 rings (SSSR count). The van der Waals surface area contributed by atoms with Crippen molar-refractivity contribution >= 4 is 35.0 Å². The molecule has 7 nitrogen and oxygen atoms in total. The fourth-order valence-electron chi connectivity index (χ4n) is 2.60. The molecular formula is C20H18ClN3O4. The van der Waals surface area contributed by atoms with Crippen LogP contribution in [0.25, 0.3) is 6.08 Å². The van der Waals surface area contributed by atoms with E-state index in [0.717, 1.165) is 22.6 Å². The van der Waals surface area contributed by atoms with Crippen LogP contribution in [0.2, 0.25) is 5.02 Å². The minimum absolute atomic E-state index is 0.0369. The number of carbonyl (C=O) groups is 1. The first-order valence-electron chi connectivity index (χ1n) is 8.58. The van der Waals surface area contributed by atoms with Crippen molar-refractivity contribution in [3.05, 3.63) is 80.9 Å². The first kappa shape index (κ1) is 19.4. The number of halogens is 1. The van der Waals surface area contributed by atoms with Crippen molar-refractivity contribution in [3.8, 4) is 5.75 Å². The molecule has 144 valence electrons. The number of rotatable bonds is 7. The lowest BCUT2D eigenvalue weighted by Crippen LogP contribution is -2.27. The van der Waals surface area contributed by atoms with Gasteiger partial charge in [0.15, 0.2) is 0 Å². The molecule has 0 saturated carbocycles. The van der Waals surface area contributed by atoms with E-state index in [2.05, 4.69) is 10.6 Å². The number of non-ortho nitro benzene ring substituents is 1. The number of benzene rings is 2. The molecule has 2 N–H and O–H groups in total. The monoisotopic (exact) mass is 399 g/mol. The third kappa shape index (κ3) is 5.34. The Morgan fingerprint density at radius 2 is 2.00 bits per heavy atom. The van der Waals surface area contributed by atoms with Crippen LogP contribution in [-0.2, 0) is 4.79 Å². The van der Waals surface area contributed by atoms with Gasteiger partial charge in [0.1, 0.15) is 12.4 Å². The maximum atomic E-state index is 11.9. The van der Waals surface area contributed by atoms with Crippen LogP contribution in [0.3, 0.4) is 0 Å². The fraction of sp³-hybridized carbons (Fsp3) is 0.150. The summed E-state index contributed by atoms with van der Waals surface area (Å²) < 4.78 is 5.63. The predicted molar refractivity (Wildman–Crippen MR) is 109 cm³/mol. The summed E-state index contributed by atoms with van der Waals surface area (Å²) in [4.78, 5) is 22.1. The van der Waals surface area contributed by atoms with Crippen LogP contribution < -0.4 is 15.4 Å². The van der Waals surface area contributed by atoms with Gasteiger partial charge in [-0.05, 0) is 42.0 Å². The van der Waals surface area contributed by atoms with Crippen LogP contribution in [0.1, 0.15) is 5.56 Å². The molecule has 1 aliphatic rings. The highest BCUT2D eigenvalue weighted by molar-refractivity contribution is 6.30. The lowest BCUT2D eigenvalue weighted by molar-refractivity contribution is -0.384. The molecule has 2 aromatic rings. The molecule has 0 saturated heterocycles. The summed E-state index contributed by atoms with van der Waals surface area (Å²) in [5.41, 5.74) is 2.53. The van der Waals surface area contributed by atoms with Gasteiger partial charge in [-0.3, -0.25) is 14.9 Å². The van der Waals surface area contributed by atoms with Crippen molar-refractivity contribution in [2.24, 2.45) is 0 Å². The Labute approximate surface area is 166 Å². The van der Waals surface area contributed by atoms with E-state index in [4.69, 9.17) is 16.3 Å². The van der Waals surface area contributed by atoms with Gasteiger partial charge < -0.3 is 15.4 Å². The fourth-order valence-corrected chi connectivity index (χ4v) is 2.78. The molecule has 0 aliphatic carbocycles. The summed E-state index contributed by atoms with van der Waals surface area (Å²) in [5.74, 6) is 0.548. The number of hydrogen-bond acceptors (Lipinski definition) is 5. The number of anilines is 1. The number of nitro groups is 1. The summed E-state index contributed by atoms with van der Waals surface area (Å²) >= 11 is 5.99. The highest BCUT2D eigenvalue weighted by Crippen LogP contribution is 2.29. The van der Waals surface area contributed by atoms with Crippen molar-refractivity contribution in [1.29, 1.82) is 0 Å². The Balaban J connectivity index is 1.44. The van der Waals surface area contributed by atoms with E-state index in [1.54, 1.807) is 24.3 Å². The topological polar surface area (TPSA) is 93.5 Å². The second-order valence-electron chi connectivity index (χ2n) is 6.05. The molecule has 0 spiro atoms. The maximum Gasteiger partial charge on any atom is 0.269 e. The molecule has 0 unspecified atom stereocenters. The van der Waals surface area contributed by atoms with Crippen LogP contribution in [0.15, 0.2) is 60.2 Å². The molecule has 0 fully saturated rings. The standard InChI is InChI=1S/C20H18ClN3O4/c21-16-2-7-19-15(12-16)11-14(13-28-19)1-8-20(25)23-10-9-22-17-3-5-18(6-4-17)24(26)27/h1-8,11-12,22H,9-10,13H2,(H,23,25)/b8-1+. The van der Waals surface area contributed by atoms with E-state index >= 15 is 0 Å². The molecule has 8 heteroatoms. The SMILES string of the molecule is O=C(/C=C/C1=Cc2cc(Cl)ccc2OC1)NCCNc1ccc([N+](=O)[O-])cc1. The molecule has 0 atom stereocenters. The van der Waals surface area contributed by atoms with E-state index in [1.807, 2.05) is 18.2 Å². The lowest BCUT2D eigenvalue weighted by atomic mass is 10.1. The van der Waals surface area contributed by atoms with E-state index < -0.39 is 4.92 Å². The van der Waals surface area contributed by atoms with Gasteiger partial charge in [0.25, 0.3) is 5.69 Å². The van der Waals surface area contributed by atoms with Gasteiger partial charge >= 0.3 is 0 Å². The van der Waals surface area contributed by atoms with Crippen molar-refractivity contribution in [2.75, 3.05) is 25.0 Å². The van der Waals surface area contributed by atoms with Gasteiger partial charge in [0.05, 0.1) is 4.92 Å². The van der Waals surface area contributed by atoms with Crippen LogP contribution >= 0.6 is 11.6 Å². The summed E-state index contributed by atoms with van der Waals surface area (Å²) in [6.07, 6.45) is 5.10. The number of ether oxygens (including phenoxy) is 1. The number of nitro benzene ring substituents is 1. The van der Waals surface area contributed by atoms with Gasteiger partial charge in [-0.25, -0.2) is 0 Å².